The zero-order valence-corrected chi connectivity index (χ0v) is 9.35. The second kappa shape index (κ2) is 4.15. The molecule has 0 heterocycles. The van der Waals surface area contributed by atoms with Crippen molar-refractivity contribution in [3.05, 3.63) is 41.9 Å². The minimum absolute atomic E-state index is 0.273. The lowest BCUT2D eigenvalue weighted by molar-refractivity contribution is 0.591. The third-order valence-electron chi connectivity index (χ3n) is 1.96. The van der Waals surface area contributed by atoms with Crippen LogP contribution < -0.4 is 0 Å². The van der Waals surface area contributed by atoms with Crippen molar-refractivity contribution in [1.29, 1.82) is 0 Å². The van der Waals surface area contributed by atoms with Crippen molar-refractivity contribution in [2.45, 2.75) is 17.1 Å². The fraction of sp³-hybridized carbons (Fsp3) is 0.200. The number of rotatable bonds is 3. The largest absolute Gasteiger partial charge is 0.223 e. The Labute approximate surface area is 89.1 Å². The predicted octanol–water partition coefficient (Wildman–Crippen LogP) is 2.69. The van der Waals surface area contributed by atoms with Crippen LogP contribution in [0.15, 0.2) is 41.8 Å². The molecule has 0 aliphatic carbocycles. The van der Waals surface area contributed by atoms with Gasteiger partial charge in [0, 0.05) is 5.02 Å². The van der Waals surface area contributed by atoms with Crippen LogP contribution in [0.2, 0.25) is 5.02 Å². The first kappa shape index (κ1) is 11.3. The van der Waals surface area contributed by atoms with E-state index in [4.69, 9.17) is 11.6 Å². The quantitative estimate of drug-likeness (QED) is 0.749. The van der Waals surface area contributed by atoms with Crippen LogP contribution in [-0.2, 0) is 9.84 Å². The van der Waals surface area contributed by atoms with Crippen molar-refractivity contribution in [2.24, 2.45) is 0 Å². The van der Waals surface area contributed by atoms with E-state index < -0.39 is 15.1 Å². The van der Waals surface area contributed by atoms with E-state index in [0.717, 1.165) is 0 Å². The maximum absolute atomic E-state index is 11.8. The number of sulfone groups is 1. The molecule has 0 aliphatic rings. The van der Waals surface area contributed by atoms with Crippen LogP contribution in [-0.4, -0.2) is 13.7 Å². The van der Waals surface area contributed by atoms with E-state index in [0.29, 0.717) is 5.02 Å². The summed E-state index contributed by atoms with van der Waals surface area (Å²) in [6.07, 6.45) is 1.41. The maximum Gasteiger partial charge on any atom is 0.184 e. The van der Waals surface area contributed by atoms with Gasteiger partial charge in [-0.15, -0.1) is 6.58 Å². The molecular formula is C10H11ClO2S. The van der Waals surface area contributed by atoms with Crippen LogP contribution in [0.25, 0.3) is 0 Å². The number of benzene rings is 1. The molecule has 1 aromatic rings. The van der Waals surface area contributed by atoms with Gasteiger partial charge in [-0.2, -0.15) is 0 Å². The first-order valence-corrected chi connectivity index (χ1v) is 6.03. The molecule has 0 bridgehead atoms. The summed E-state index contributed by atoms with van der Waals surface area (Å²) in [5, 5.41) is -0.0566. The molecule has 0 radical (unpaired) electrons. The van der Waals surface area contributed by atoms with E-state index in [1.807, 2.05) is 0 Å². The highest BCUT2D eigenvalue weighted by Crippen LogP contribution is 2.18. The van der Waals surface area contributed by atoms with Crippen LogP contribution in [0.4, 0.5) is 0 Å². The molecule has 14 heavy (non-hydrogen) atoms. The molecule has 0 aliphatic heterocycles. The molecular weight excluding hydrogens is 220 g/mol. The average Bonchev–Trinajstić information content (AvgIpc) is 2.17. The van der Waals surface area contributed by atoms with Crippen molar-refractivity contribution in [2.75, 3.05) is 0 Å². The topological polar surface area (TPSA) is 34.1 Å². The van der Waals surface area contributed by atoms with E-state index in [1.54, 1.807) is 19.1 Å². The number of hydrogen-bond acceptors (Lipinski definition) is 2. The van der Waals surface area contributed by atoms with E-state index in [1.165, 1.54) is 18.2 Å². The fourth-order valence-electron chi connectivity index (χ4n) is 0.966. The molecule has 0 saturated heterocycles. The van der Waals surface area contributed by atoms with Crippen molar-refractivity contribution >= 4 is 21.4 Å². The van der Waals surface area contributed by atoms with Gasteiger partial charge in [0.15, 0.2) is 9.84 Å². The van der Waals surface area contributed by atoms with Gasteiger partial charge in [0.2, 0.25) is 0 Å². The number of halogens is 1. The summed E-state index contributed by atoms with van der Waals surface area (Å²) in [5.74, 6) is 0. The second-order valence-corrected chi connectivity index (χ2v) is 5.68. The normalized spacial score (nSPS) is 13.6. The minimum atomic E-state index is -3.28. The predicted molar refractivity (Wildman–Crippen MR) is 58.3 cm³/mol. The lowest BCUT2D eigenvalue weighted by atomic mass is 10.4. The van der Waals surface area contributed by atoms with Gasteiger partial charge in [0.25, 0.3) is 0 Å². The molecule has 4 heteroatoms. The van der Waals surface area contributed by atoms with Crippen LogP contribution in [0.3, 0.4) is 0 Å². The van der Waals surface area contributed by atoms with Crippen molar-refractivity contribution in [1.82, 2.24) is 0 Å². The second-order valence-electron chi connectivity index (χ2n) is 2.94. The van der Waals surface area contributed by atoms with Crippen LogP contribution in [0, 0.1) is 0 Å². The van der Waals surface area contributed by atoms with E-state index in [2.05, 4.69) is 6.58 Å². The zero-order chi connectivity index (χ0) is 10.8. The third kappa shape index (κ3) is 2.16. The molecule has 0 fully saturated rings. The summed E-state index contributed by atoms with van der Waals surface area (Å²) in [4.78, 5) is 0.273. The zero-order valence-electron chi connectivity index (χ0n) is 7.77. The van der Waals surface area contributed by atoms with Gasteiger partial charge < -0.3 is 0 Å². The summed E-state index contributed by atoms with van der Waals surface area (Å²) in [5.41, 5.74) is 0. The van der Waals surface area contributed by atoms with Crippen LogP contribution in [0.5, 0.6) is 0 Å². The van der Waals surface area contributed by atoms with E-state index >= 15 is 0 Å². The molecule has 0 spiro atoms. The van der Waals surface area contributed by atoms with Gasteiger partial charge in [0.05, 0.1) is 10.1 Å². The molecule has 76 valence electrons. The van der Waals surface area contributed by atoms with Gasteiger partial charge in [-0.05, 0) is 31.2 Å². The number of hydrogen-bond donors (Lipinski definition) is 0. The standard InChI is InChI=1S/C10H11ClO2S/c1-3-8(2)14(12,13)10-6-4-9(11)5-7-10/h3-8H,1H2,2H3. The Hall–Kier alpha value is -0.800. The van der Waals surface area contributed by atoms with E-state index in [-0.39, 0.29) is 4.90 Å². The first-order chi connectivity index (χ1) is 6.48. The van der Waals surface area contributed by atoms with Crippen LogP contribution in [0.1, 0.15) is 6.92 Å². The molecule has 1 rings (SSSR count). The van der Waals surface area contributed by atoms with Crippen molar-refractivity contribution in [3.8, 4) is 0 Å². The van der Waals surface area contributed by atoms with Gasteiger partial charge in [-0.1, -0.05) is 17.7 Å². The Balaban J connectivity index is 3.17. The van der Waals surface area contributed by atoms with Gasteiger partial charge in [-0.25, -0.2) is 8.42 Å². The summed E-state index contributed by atoms with van der Waals surface area (Å²) in [6, 6.07) is 6.11. The molecule has 0 saturated carbocycles. The summed E-state index contributed by atoms with van der Waals surface area (Å²) in [7, 11) is -3.28. The van der Waals surface area contributed by atoms with Crippen LogP contribution >= 0.6 is 11.6 Å². The summed E-state index contributed by atoms with van der Waals surface area (Å²) < 4.78 is 23.5. The molecule has 2 nitrogen and oxygen atoms in total. The summed E-state index contributed by atoms with van der Waals surface area (Å²) in [6.45, 7) is 5.06. The monoisotopic (exact) mass is 230 g/mol. The third-order valence-corrected chi connectivity index (χ3v) is 4.32. The molecule has 0 aromatic heterocycles. The molecule has 0 amide bonds. The lowest BCUT2D eigenvalue weighted by Crippen LogP contribution is -2.14. The highest BCUT2D eigenvalue weighted by molar-refractivity contribution is 7.92. The van der Waals surface area contributed by atoms with E-state index in [9.17, 15) is 8.42 Å². The average molecular weight is 231 g/mol. The Morgan fingerprint density at radius 1 is 1.36 bits per heavy atom. The maximum atomic E-state index is 11.8. The van der Waals surface area contributed by atoms with Gasteiger partial charge >= 0.3 is 0 Å². The Bertz CT molecular complexity index is 420. The van der Waals surface area contributed by atoms with Gasteiger partial charge in [-0.3, -0.25) is 0 Å². The van der Waals surface area contributed by atoms with Crippen molar-refractivity contribution < 1.29 is 8.42 Å². The highest BCUT2D eigenvalue weighted by atomic mass is 35.5. The highest BCUT2D eigenvalue weighted by Gasteiger charge is 2.19. The molecule has 0 N–H and O–H groups in total. The molecule has 1 unspecified atom stereocenters. The minimum Gasteiger partial charge on any atom is -0.223 e. The molecule has 1 atom stereocenters. The fourth-order valence-corrected chi connectivity index (χ4v) is 2.29. The summed E-state index contributed by atoms with van der Waals surface area (Å²) >= 11 is 5.66. The SMILES string of the molecule is C=CC(C)S(=O)(=O)c1ccc(Cl)cc1. The van der Waals surface area contributed by atoms with Crippen molar-refractivity contribution in [3.63, 3.8) is 0 Å². The first-order valence-electron chi connectivity index (χ1n) is 4.10. The van der Waals surface area contributed by atoms with Gasteiger partial charge in [0.1, 0.15) is 0 Å². The smallest absolute Gasteiger partial charge is 0.184 e. The Kier molecular flexibility index (Phi) is 3.34. The Morgan fingerprint density at radius 2 is 1.86 bits per heavy atom. The lowest BCUT2D eigenvalue weighted by Gasteiger charge is -2.07. The molecule has 1 aromatic carbocycles. The Morgan fingerprint density at radius 3 is 2.29 bits per heavy atom.